The van der Waals surface area contributed by atoms with Crippen LogP contribution in [0, 0.1) is 0 Å². The van der Waals surface area contributed by atoms with E-state index in [1.54, 1.807) is 0 Å². The third kappa shape index (κ3) is 2.94. The van der Waals surface area contributed by atoms with Crippen LogP contribution in [0.3, 0.4) is 0 Å². The fourth-order valence-electron chi connectivity index (χ4n) is 3.10. The lowest BCUT2D eigenvalue weighted by Crippen LogP contribution is -2.24. The molecule has 0 saturated carbocycles. The highest BCUT2D eigenvalue weighted by atomic mass is 14.9. The molecule has 0 heterocycles. The van der Waals surface area contributed by atoms with E-state index in [-0.39, 0.29) is 0 Å². The Morgan fingerprint density at radius 3 is 2.55 bits per heavy atom. The van der Waals surface area contributed by atoms with Crippen LogP contribution in [0.1, 0.15) is 48.1 Å². The molecule has 0 radical (unpaired) electrons. The monoisotopic (exact) mass is 265 g/mol. The highest BCUT2D eigenvalue weighted by Gasteiger charge is 2.18. The average molecular weight is 265 g/mol. The van der Waals surface area contributed by atoms with Gasteiger partial charge in [-0.2, -0.15) is 0 Å². The van der Waals surface area contributed by atoms with Crippen LogP contribution >= 0.6 is 0 Å². The van der Waals surface area contributed by atoms with E-state index in [9.17, 15) is 0 Å². The number of rotatable bonds is 4. The average Bonchev–Trinajstić information content (AvgIpc) is 2.53. The lowest BCUT2D eigenvalue weighted by atomic mass is 9.87. The van der Waals surface area contributed by atoms with Crippen molar-refractivity contribution in [2.75, 3.05) is 0 Å². The second-order valence-electron chi connectivity index (χ2n) is 5.69. The molecule has 1 aliphatic rings. The van der Waals surface area contributed by atoms with E-state index >= 15 is 0 Å². The normalized spacial score (nSPS) is 17.8. The molecule has 0 spiro atoms. The van der Waals surface area contributed by atoms with Crippen molar-refractivity contribution < 1.29 is 0 Å². The van der Waals surface area contributed by atoms with Crippen molar-refractivity contribution in [3.05, 3.63) is 70.8 Å². The van der Waals surface area contributed by atoms with E-state index in [2.05, 4.69) is 60.8 Å². The minimum absolute atomic E-state index is 0.519. The molecule has 20 heavy (non-hydrogen) atoms. The van der Waals surface area contributed by atoms with Crippen LogP contribution in [0.2, 0.25) is 0 Å². The maximum absolute atomic E-state index is 3.73. The predicted octanol–water partition coefficient (Wildman–Crippen LogP) is 4.42. The van der Waals surface area contributed by atoms with Crippen molar-refractivity contribution >= 4 is 0 Å². The van der Waals surface area contributed by atoms with Crippen molar-refractivity contribution in [2.45, 2.75) is 45.2 Å². The highest BCUT2D eigenvalue weighted by Crippen LogP contribution is 2.29. The van der Waals surface area contributed by atoms with Crippen molar-refractivity contribution in [2.24, 2.45) is 0 Å². The fraction of sp³-hybridized carbons (Fsp3) is 0.368. The second-order valence-corrected chi connectivity index (χ2v) is 5.69. The van der Waals surface area contributed by atoms with Gasteiger partial charge in [-0.15, -0.1) is 0 Å². The molecule has 0 saturated heterocycles. The van der Waals surface area contributed by atoms with Gasteiger partial charge in [-0.05, 0) is 47.9 Å². The van der Waals surface area contributed by atoms with Gasteiger partial charge in [-0.1, -0.05) is 55.5 Å². The van der Waals surface area contributed by atoms with Crippen LogP contribution in [-0.4, -0.2) is 0 Å². The Morgan fingerprint density at radius 1 is 1.00 bits per heavy atom. The molecular weight excluding hydrogens is 242 g/mol. The molecule has 0 fully saturated rings. The van der Waals surface area contributed by atoms with Crippen LogP contribution in [-0.2, 0) is 19.4 Å². The van der Waals surface area contributed by atoms with Gasteiger partial charge in [0.05, 0.1) is 0 Å². The summed E-state index contributed by atoms with van der Waals surface area (Å²) < 4.78 is 0. The molecule has 0 aromatic heterocycles. The predicted molar refractivity (Wildman–Crippen MR) is 84.8 cm³/mol. The van der Waals surface area contributed by atoms with Gasteiger partial charge in [0, 0.05) is 12.6 Å². The van der Waals surface area contributed by atoms with Crippen molar-refractivity contribution in [1.82, 2.24) is 5.32 Å². The van der Waals surface area contributed by atoms with Gasteiger partial charge in [0.25, 0.3) is 0 Å². The zero-order chi connectivity index (χ0) is 13.8. The van der Waals surface area contributed by atoms with Gasteiger partial charge in [0.1, 0.15) is 0 Å². The van der Waals surface area contributed by atoms with E-state index in [4.69, 9.17) is 0 Å². The van der Waals surface area contributed by atoms with Gasteiger partial charge in [0.2, 0.25) is 0 Å². The number of hydrogen-bond donors (Lipinski definition) is 1. The smallest absolute Gasteiger partial charge is 0.0326 e. The summed E-state index contributed by atoms with van der Waals surface area (Å²) in [4.78, 5) is 0. The largest absolute Gasteiger partial charge is 0.306 e. The van der Waals surface area contributed by atoms with Crippen LogP contribution in [0.25, 0.3) is 0 Å². The van der Waals surface area contributed by atoms with Crippen LogP contribution in [0.5, 0.6) is 0 Å². The van der Waals surface area contributed by atoms with Gasteiger partial charge in [-0.3, -0.25) is 0 Å². The van der Waals surface area contributed by atoms with Gasteiger partial charge in [-0.25, -0.2) is 0 Å². The first-order chi connectivity index (χ1) is 9.86. The topological polar surface area (TPSA) is 12.0 Å². The van der Waals surface area contributed by atoms with E-state index in [0.717, 1.165) is 13.0 Å². The molecule has 0 bridgehead atoms. The molecular formula is C19H23N. The van der Waals surface area contributed by atoms with Gasteiger partial charge in [0.15, 0.2) is 0 Å². The summed E-state index contributed by atoms with van der Waals surface area (Å²) in [6, 6.07) is 18.4. The second kappa shape index (κ2) is 6.23. The number of hydrogen-bond acceptors (Lipinski definition) is 1. The Morgan fingerprint density at radius 2 is 1.75 bits per heavy atom. The zero-order valence-corrected chi connectivity index (χ0v) is 12.2. The Balaban J connectivity index is 1.66. The van der Waals surface area contributed by atoms with Crippen molar-refractivity contribution in [1.29, 1.82) is 0 Å². The summed E-state index contributed by atoms with van der Waals surface area (Å²) in [5.74, 6) is 0. The zero-order valence-electron chi connectivity index (χ0n) is 12.2. The molecule has 0 aliphatic heterocycles. The Kier molecular flexibility index (Phi) is 4.17. The van der Waals surface area contributed by atoms with E-state index in [1.165, 1.54) is 41.5 Å². The molecule has 3 rings (SSSR count). The Hall–Kier alpha value is -1.60. The first-order valence-corrected chi connectivity index (χ1v) is 7.76. The van der Waals surface area contributed by atoms with Crippen LogP contribution in [0.15, 0.2) is 48.5 Å². The SMILES string of the molecule is CCc1ccc(CNC2CCCc3ccccc32)cc1. The lowest BCUT2D eigenvalue weighted by Gasteiger charge is -2.26. The number of aryl methyl sites for hydroxylation is 2. The molecule has 1 nitrogen and oxygen atoms in total. The molecule has 104 valence electrons. The number of nitrogens with one attached hydrogen (secondary N) is 1. The molecule has 2 aromatic carbocycles. The maximum Gasteiger partial charge on any atom is 0.0326 e. The van der Waals surface area contributed by atoms with Gasteiger partial charge < -0.3 is 5.32 Å². The van der Waals surface area contributed by atoms with E-state index in [0.29, 0.717) is 6.04 Å². The summed E-state index contributed by atoms with van der Waals surface area (Å²) in [6.07, 6.45) is 4.90. The molecule has 1 aliphatic carbocycles. The fourth-order valence-corrected chi connectivity index (χ4v) is 3.10. The summed E-state index contributed by atoms with van der Waals surface area (Å²) in [5, 5.41) is 3.73. The first kappa shape index (κ1) is 13.4. The molecule has 2 aromatic rings. The molecule has 1 unspecified atom stereocenters. The van der Waals surface area contributed by atoms with Crippen LogP contribution in [0.4, 0.5) is 0 Å². The minimum Gasteiger partial charge on any atom is -0.306 e. The summed E-state index contributed by atoms with van der Waals surface area (Å²) in [6.45, 7) is 3.16. The minimum atomic E-state index is 0.519. The van der Waals surface area contributed by atoms with Gasteiger partial charge >= 0.3 is 0 Å². The maximum atomic E-state index is 3.73. The highest BCUT2D eigenvalue weighted by molar-refractivity contribution is 5.32. The molecule has 1 atom stereocenters. The van der Waals surface area contributed by atoms with Crippen molar-refractivity contribution in [3.8, 4) is 0 Å². The Bertz CT molecular complexity index is 556. The summed E-state index contributed by atoms with van der Waals surface area (Å²) in [5.41, 5.74) is 5.82. The standard InChI is InChI=1S/C19H23N/c1-2-15-10-12-16(13-11-15)14-20-19-9-5-7-17-6-3-4-8-18(17)19/h3-4,6,8,10-13,19-20H,2,5,7,9,14H2,1H3. The first-order valence-electron chi connectivity index (χ1n) is 7.76. The molecule has 0 amide bonds. The molecule has 1 N–H and O–H groups in total. The molecule has 1 heteroatoms. The number of fused-ring (bicyclic) bond motifs is 1. The van der Waals surface area contributed by atoms with E-state index in [1.807, 2.05) is 0 Å². The quantitative estimate of drug-likeness (QED) is 0.863. The Labute approximate surface area is 122 Å². The summed E-state index contributed by atoms with van der Waals surface area (Å²) in [7, 11) is 0. The van der Waals surface area contributed by atoms with Crippen LogP contribution < -0.4 is 5.32 Å². The third-order valence-electron chi connectivity index (χ3n) is 4.35. The number of benzene rings is 2. The lowest BCUT2D eigenvalue weighted by molar-refractivity contribution is 0.459. The summed E-state index contributed by atoms with van der Waals surface area (Å²) >= 11 is 0. The van der Waals surface area contributed by atoms with Crippen molar-refractivity contribution in [3.63, 3.8) is 0 Å². The third-order valence-corrected chi connectivity index (χ3v) is 4.35. The van der Waals surface area contributed by atoms with E-state index < -0.39 is 0 Å².